The molecule has 150 valence electrons. The Bertz CT molecular complexity index is 783. The van der Waals surface area contributed by atoms with E-state index in [4.69, 9.17) is 14.6 Å². The number of carboxylic acids is 1. The molecule has 28 heavy (non-hydrogen) atoms. The number of aryl methyl sites for hydroxylation is 2. The van der Waals surface area contributed by atoms with E-state index in [9.17, 15) is 9.59 Å². The molecule has 0 aliphatic rings. The monoisotopic (exact) mass is 385 g/mol. The Morgan fingerprint density at radius 2 is 1.61 bits per heavy atom. The lowest BCUT2D eigenvalue weighted by atomic mass is 10.1. The predicted octanol–water partition coefficient (Wildman–Crippen LogP) is 3.28. The van der Waals surface area contributed by atoms with E-state index in [1.54, 1.807) is 0 Å². The molecule has 0 bridgehead atoms. The van der Waals surface area contributed by atoms with Gasteiger partial charge in [0.05, 0.1) is 6.42 Å². The van der Waals surface area contributed by atoms with E-state index >= 15 is 0 Å². The highest BCUT2D eigenvalue weighted by molar-refractivity contribution is 5.80. The van der Waals surface area contributed by atoms with Crippen LogP contribution in [0.4, 0.5) is 0 Å². The predicted molar refractivity (Wildman–Crippen MR) is 107 cm³/mol. The van der Waals surface area contributed by atoms with Crippen molar-refractivity contribution in [1.82, 2.24) is 5.32 Å². The second kappa shape index (κ2) is 11.0. The van der Waals surface area contributed by atoms with Crippen LogP contribution in [-0.2, 0) is 16.0 Å². The van der Waals surface area contributed by atoms with Crippen LogP contribution in [0.15, 0.2) is 42.5 Å². The molecule has 0 aliphatic heterocycles. The molecule has 0 saturated carbocycles. The van der Waals surface area contributed by atoms with Gasteiger partial charge in [-0.15, -0.1) is 0 Å². The molecule has 0 radical (unpaired) electrons. The number of nitrogens with one attached hydrogen (secondary N) is 1. The molecule has 6 nitrogen and oxygen atoms in total. The fourth-order valence-corrected chi connectivity index (χ4v) is 2.82. The van der Waals surface area contributed by atoms with Crippen LogP contribution in [-0.4, -0.2) is 36.7 Å². The molecule has 6 heteroatoms. The number of carbonyl (C=O) groups excluding carboxylic acids is 1. The van der Waals surface area contributed by atoms with Gasteiger partial charge in [0.2, 0.25) is 5.91 Å². The van der Waals surface area contributed by atoms with Gasteiger partial charge in [-0.2, -0.15) is 0 Å². The Morgan fingerprint density at radius 3 is 2.32 bits per heavy atom. The summed E-state index contributed by atoms with van der Waals surface area (Å²) in [5.41, 5.74) is 3.17. The largest absolute Gasteiger partial charge is 0.490 e. The number of benzene rings is 2. The first-order chi connectivity index (χ1) is 13.5. The van der Waals surface area contributed by atoms with E-state index in [0.717, 1.165) is 28.2 Å². The highest BCUT2D eigenvalue weighted by Gasteiger charge is 2.07. The van der Waals surface area contributed by atoms with Crippen LogP contribution in [0, 0.1) is 13.8 Å². The number of para-hydroxylation sites is 2. The Morgan fingerprint density at radius 1 is 0.929 bits per heavy atom. The normalized spacial score (nSPS) is 10.4. The zero-order chi connectivity index (χ0) is 20.4. The second-order valence-corrected chi connectivity index (χ2v) is 6.52. The molecule has 2 aromatic rings. The van der Waals surface area contributed by atoms with E-state index in [1.165, 1.54) is 0 Å². The van der Waals surface area contributed by atoms with Crippen LogP contribution >= 0.6 is 0 Å². The summed E-state index contributed by atoms with van der Waals surface area (Å²) < 4.78 is 11.7. The number of carbonyl (C=O) groups is 2. The Kier molecular flexibility index (Phi) is 8.34. The Balaban J connectivity index is 1.78. The van der Waals surface area contributed by atoms with Crippen molar-refractivity contribution in [2.24, 2.45) is 0 Å². The molecule has 0 aliphatic carbocycles. The van der Waals surface area contributed by atoms with Crippen molar-refractivity contribution >= 4 is 11.9 Å². The first kappa shape index (κ1) is 21.3. The SMILES string of the molecule is Cc1cccc(C)c1OCCOc1ccccc1CCNC(=O)CCC(=O)O. The third-order valence-electron chi connectivity index (χ3n) is 4.25. The number of carboxylic acid groups (broad SMARTS) is 1. The van der Waals surface area contributed by atoms with E-state index in [2.05, 4.69) is 5.32 Å². The highest BCUT2D eigenvalue weighted by atomic mass is 16.5. The maximum Gasteiger partial charge on any atom is 0.303 e. The van der Waals surface area contributed by atoms with Crippen LogP contribution in [0.2, 0.25) is 0 Å². The van der Waals surface area contributed by atoms with Gasteiger partial charge in [0, 0.05) is 13.0 Å². The van der Waals surface area contributed by atoms with Crippen molar-refractivity contribution in [1.29, 1.82) is 0 Å². The summed E-state index contributed by atoms with van der Waals surface area (Å²) in [6.07, 6.45) is 0.432. The molecular formula is C22H27NO5. The number of amides is 1. The first-order valence-corrected chi connectivity index (χ1v) is 9.35. The molecule has 0 fully saturated rings. The maximum absolute atomic E-state index is 11.6. The molecule has 0 unspecified atom stereocenters. The Labute approximate surface area is 165 Å². The van der Waals surface area contributed by atoms with E-state index < -0.39 is 5.97 Å². The minimum absolute atomic E-state index is 0.0108. The summed E-state index contributed by atoms with van der Waals surface area (Å²) in [6.45, 7) is 5.31. The standard InChI is InChI=1S/C22H27NO5/c1-16-6-5-7-17(2)22(16)28-15-14-27-19-9-4-3-8-18(19)12-13-23-20(24)10-11-21(25)26/h3-9H,10-15H2,1-2H3,(H,23,24)(H,25,26). The topological polar surface area (TPSA) is 84.9 Å². The lowest BCUT2D eigenvalue weighted by molar-refractivity contribution is -0.138. The van der Waals surface area contributed by atoms with Crippen LogP contribution < -0.4 is 14.8 Å². The van der Waals surface area contributed by atoms with Crippen molar-refractivity contribution in [3.8, 4) is 11.5 Å². The molecule has 2 N–H and O–H groups in total. The highest BCUT2D eigenvalue weighted by Crippen LogP contribution is 2.22. The summed E-state index contributed by atoms with van der Waals surface area (Å²) in [6, 6.07) is 13.7. The molecule has 2 aromatic carbocycles. The van der Waals surface area contributed by atoms with E-state index in [0.29, 0.717) is 26.2 Å². The van der Waals surface area contributed by atoms with Crippen molar-refractivity contribution in [2.75, 3.05) is 19.8 Å². The zero-order valence-electron chi connectivity index (χ0n) is 16.4. The van der Waals surface area contributed by atoms with Gasteiger partial charge < -0.3 is 19.9 Å². The fourth-order valence-electron chi connectivity index (χ4n) is 2.82. The van der Waals surface area contributed by atoms with Gasteiger partial charge in [-0.25, -0.2) is 0 Å². The number of aliphatic carboxylic acids is 1. The second-order valence-electron chi connectivity index (χ2n) is 6.52. The van der Waals surface area contributed by atoms with Crippen molar-refractivity contribution in [3.05, 3.63) is 59.2 Å². The van der Waals surface area contributed by atoms with Crippen molar-refractivity contribution in [2.45, 2.75) is 33.1 Å². The van der Waals surface area contributed by atoms with Gasteiger partial charge in [0.25, 0.3) is 0 Å². The minimum atomic E-state index is -0.975. The van der Waals surface area contributed by atoms with Crippen molar-refractivity contribution in [3.63, 3.8) is 0 Å². The van der Waals surface area contributed by atoms with Gasteiger partial charge in [0.15, 0.2) is 0 Å². The number of ether oxygens (including phenoxy) is 2. The molecule has 0 spiro atoms. The molecule has 0 heterocycles. The fraction of sp³-hybridized carbons (Fsp3) is 0.364. The maximum atomic E-state index is 11.6. The summed E-state index contributed by atoms with van der Waals surface area (Å²) in [7, 11) is 0. The molecule has 1 amide bonds. The quantitative estimate of drug-likeness (QED) is 0.580. The van der Waals surface area contributed by atoms with Crippen LogP contribution in [0.1, 0.15) is 29.5 Å². The third-order valence-corrected chi connectivity index (χ3v) is 4.25. The molecule has 0 saturated heterocycles. The van der Waals surface area contributed by atoms with Gasteiger partial charge >= 0.3 is 5.97 Å². The molecule has 2 rings (SSSR count). The zero-order valence-corrected chi connectivity index (χ0v) is 16.4. The van der Waals surface area contributed by atoms with Crippen molar-refractivity contribution < 1.29 is 24.2 Å². The third kappa shape index (κ3) is 6.95. The summed E-state index contributed by atoms with van der Waals surface area (Å²) >= 11 is 0. The summed E-state index contributed by atoms with van der Waals surface area (Å²) in [5, 5.41) is 11.3. The number of rotatable bonds is 11. The average Bonchev–Trinajstić information content (AvgIpc) is 2.66. The lowest BCUT2D eigenvalue weighted by Crippen LogP contribution is -2.26. The average molecular weight is 385 g/mol. The van der Waals surface area contributed by atoms with Gasteiger partial charge in [-0.3, -0.25) is 9.59 Å². The Hall–Kier alpha value is -3.02. The smallest absolute Gasteiger partial charge is 0.303 e. The van der Waals surface area contributed by atoms with Crippen LogP contribution in [0.3, 0.4) is 0 Å². The minimum Gasteiger partial charge on any atom is -0.490 e. The first-order valence-electron chi connectivity index (χ1n) is 9.35. The lowest BCUT2D eigenvalue weighted by Gasteiger charge is -2.14. The van der Waals surface area contributed by atoms with Crippen LogP contribution in [0.25, 0.3) is 0 Å². The summed E-state index contributed by atoms with van der Waals surface area (Å²) in [4.78, 5) is 22.1. The van der Waals surface area contributed by atoms with Gasteiger partial charge in [-0.05, 0) is 43.0 Å². The van der Waals surface area contributed by atoms with Crippen LogP contribution in [0.5, 0.6) is 11.5 Å². The number of hydrogen-bond acceptors (Lipinski definition) is 4. The number of hydrogen-bond donors (Lipinski definition) is 2. The van der Waals surface area contributed by atoms with Gasteiger partial charge in [0.1, 0.15) is 24.7 Å². The molecular weight excluding hydrogens is 358 g/mol. The van der Waals surface area contributed by atoms with E-state index in [1.807, 2.05) is 56.3 Å². The molecule has 0 aromatic heterocycles. The molecule has 0 atom stereocenters. The summed E-state index contributed by atoms with van der Waals surface area (Å²) in [5.74, 6) is 0.413. The van der Waals surface area contributed by atoms with E-state index in [-0.39, 0.29) is 18.7 Å². The van der Waals surface area contributed by atoms with Gasteiger partial charge in [-0.1, -0.05) is 36.4 Å².